The fourth-order valence-corrected chi connectivity index (χ4v) is 3.96. The summed E-state index contributed by atoms with van der Waals surface area (Å²) >= 11 is 13.1. The zero-order valence-electron chi connectivity index (χ0n) is 12.8. The number of halogens is 2. The van der Waals surface area contributed by atoms with Crippen molar-refractivity contribution < 1.29 is 14.3 Å². The van der Waals surface area contributed by atoms with Gasteiger partial charge in [0.15, 0.2) is 5.78 Å². The molecular weight excluding hydrogens is 345 g/mol. The van der Waals surface area contributed by atoms with Crippen molar-refractivity contribution in [3.8, 4) is 0 Å². The maximum Gasteiger partial charge on any atom is 0.410 e. The molecule has 1 amide bonds. The van der Waals surface area contributed by atoms with Crippen molar-refractivity contribution in [3.63, 3.8) is 0 Å². The number of carbonyl (C=O) groups is 2. The molecule has 1 aliphatic rings. The fraction of sp³-hybridized carbons (Fsp3) is 0.600. The van der Waals surface area contributed by atoms with Crippen molar-refractivity contribution in [2.24, 2.45) is 0 Å². The highest BCUT2D eigenvalue weighted by atomic mass is 35.5. The van der Waals surface area contributed by atoms with Gasteiger partial charge < -0.3 is 9.64 Å². The van der Waals surface area contributed by atoms with Crippen LogP contribution in [0.2, 0.25) is 8.67 Å². The highest BCUT2D eigenvalue weighted by Gasteiger charge is 2.34. The molecule has 0 aliphatic carbocycles. The molecule has 22 heavy (non-hydrogen) atoms. The molecule has 1 aliphatic heterocycles. The highest BCUT2D eigenvalue weighted by molar-refractivity contribution is 7.20. The first-order chi connectivity index (χ1) is 10.2. The van der Waals surface area contributed by atoms with Crippen LogP contribution in [0.4, 0.5) is 4.79 Å². The van der Waals surface area contributed by atoms with Gasteiger partial charge in [0, 0.05) is 24.6 Å². The molecule has 1 aromatic rings. The smallest absolute Gasteiger partial charge is 0.410 e. The lowest BCUT2D eigenvalue weighted by Crippen LogP contribution is -2.40. The van der Waals surface area contributed by atoms with Crippen molar-refractivity contribution >= 4 is 46.4 Å². The maximum atomic E-state index is 12.4. The Hall–Kier alpha value is -0.780. The number of carbonyl (C=O) groups excluding carboxylic acids is 2. The average Bonchev–Trinajstić information content (AvgIpc) is 2.93. The van der Waals surface area contributed by atoms with Gasteiger partial charge in [0.05, 0.1) is 4.34 Å². The standard InChI is InChI=1S/C15H19Cl2NO3S/c1-15(2,3)21-14(20)18-6-4-5-9(18)7-11(19)10-8-12(16)22-13(10)17/h8-9H,4-7H2,1-3H3. The van der Waals surface area contributed by atoms with Crippen LogP contribution in [0.5, 0.6) is 0 Å². The van der Waals surface area contributed by atoms with Crippen LogP contribution in [0.1, 0.15) is 50.4 Å². The summed E-state index contributed by atoms with van der Waals surface area (Å²) < 4.78 is 6.29. The number of thiophene rings is 1. The summed E-state index contributed by atoms with van der Waals surface area (Å²) in [7, 11) is 0. The minimum atomic E-state index is -0.543. The number of rotatable bonds is 3. The molecule has 0 radical (unpaired) electrons. The van der Waals surface area contributed by atoms with Crippen LogP contribution in [0.3, 0.4) is 0 Å². The molecule has 0 saturated carbocycles. The van der Waals surface area contributed by atoms with Gasteiger partial charge in [-0.25, -0.2) is 4.79 Å². The molecule has 2 heterocycles. The van der Waals surface area contributed by atoms with Gasteiger partial charge in [0.1, 0.15) is 9.94 Å². The van der Waals surface area contributed by atoms with Gasteiger partial charge in [-0.3, -0.25) is 4.79 Å². The molecule has 1 fully saturated rings. The lowest BCUT2D eigenvalue weighted by atomic mass is 10.0. The predicted octanol–water partition coefficient (Wildman–Crippen LogP) is 5.03. The molecule has 4 nitrogen and oxygen atoms in total. The van der Waals surface area contributed by atoms with Crippen molar-refractivity contribution in [2.75, 3.05) is 6.54 Å². The molecule has 0 N–H and O–H groups in total. The van der Waals surface area contributed by atoms with E-state index in [9.17, 15) is 9.59 Å². The van der Waals surface area contributed by atoms with Crippen molar-refractivity contribution in [3.05, 3.63) is 20.3 Å². The Morgan fingerprint density at radius 3 is 2.64 bits per heavy atom. The summed E-state index contributed by atoms with van der Waals surface area (Å²) in [6.45, 7) is 6.10. The van der Waals surface area contributed by atoms with Crippen LogP contribution < -0.4 is 0 Å². The second-order valence-corrected chi connectivity index (χ2v) is 8.62. The number of ether oxygens (including phenoxy) is 1. The van der Waals surface area contributed by atoms with Crippen molar-refractivity contribution in [2.45, 2.75) is 51.7 Å². The lowest BCUT2D eigenvalue weighted by Gasteiger charge is -2.28. The highest BCUT2D eigenvalue weighted by Crippen LogP contribution is 2.33. The number of hydrogen-bond acceptors (Lipinski definition) is 4. The SMILES string of the molecule is CC(C)(C)OC(=O)N1CCCC1CC(=O)c1cc(Cl)sc1Cl. The second-order valence-electron chi connectivity index (χ2n) is 6.33. The van der Waals surface area contributed by atoms with Crippen LogP contribution >= 0.6 is 34.5 Å². The van der Waals surface area contributed by atoms with Gasteiger partial charge in [0.2, 0.25) is 0 Å². The summed E-state index contributed by atoms with van der Waals surface area (Å²) in [4.78, 5) is 26.2. The Balaban J connectivity index is 2.03. The van der Waals surface area contributed by atoms with Gasteiger partial charge in [0.25, 0.3) is 0 Å². The number of Topliss-reactive ketones (excluding diaryl/α,β-unsaturated/α-hetero) is 1. The molecule has 2 rings (SSSR count). The molecule has 0 spiro atoms. The van der Waals surface area contributed by atoms with E-state index in [2.05, 4.69) is 0 Å². The molecule has 122 valence electrons. The third kappa shape index (κ3) is 4.37. The Bertz CT molecular complexity index is 580. The third-order valence-corrected chi connectivity index (χ3v) is 4.87. The Labute approximate surface area is 144 Å². The fourth-order valence-electron chi connectivity index (χ4n) is 2.46. The number of likely N-dealkylation sites (tertiary alicyclic amines) is 1. The van der Waals surface area contributed by atoms with E-state index in [4.69, 9.17) is 27.9 Å². The predicted molar refractivity (Wildman–Crippen MR) is 89.2 cm³/mol. The number of ketones is 1. The van der Waals surface area contributed by atoms with Gasteiger partial charge in [-0.05, 0) is 39.7 Å². The molecule has 1 atom stereocenters. The van der Waals surface area contributed by atoms with Gasteiger partial charge >= 0.3 is 6.09 Å². The van der Waals surface area contributed by atoms with Crippen LogP contribution in [0, 0.1) is 0 Å². The summed E-state index contributed by atoms with van der Waals surface area (Å²) in [6.07, 6.45) is 1.54. The summed E-state index contributed by atoms with van der Waals surface area (Å²) in [5, 5.41) is 0. The van der Waals surface area contributed by atoms with E-state index >= 15 is 0 Å². The van der Waals surface area contributed by atoms with Crippen LogP contribution in [0.25, 0.3) is 0 Å². The number of amides is 1. The topological polar surface area (TPSA) is 46.6 Å². The maximum absolute atomic E-state index is 12.4. The molecule has 0 bridgehead atoms. The van der Waals surface area contributed by atoms with E-state index in [1.54, 1.807) is 11.0 Å². The minimum Gasteiger partial charge on any atom is -0.444 e. The first-order valence-corrected chi connectivity index (χ1v) is 8.72. The Morgan fingerprint density at radius 1 is 1.41 bits per heavy atom. The molecular formula is C15H19Cl2NO3S. The van der Waals surface area contributed by atoms with E-state index in [0.29, 0.717) is 20.8 Å². The van der Waals surface area contributed by atoms with E-state index in [1.807, 2.05) is 20.8 Å². The van der Waals surface area contributed by atoms with E-state index in [-0.39, 0.29) is 24.3 Å². The normalized spacial score (nSPS) is 18.6. The zero-order chi connectivity index (χ0) is 16.5. The van der Waals surface area contributed by atoms with E-state index in [0.717, 1.165) is 12.8 Å². The Kier molecular flexibility index (Phi) is 5.41. The van der Waals surface area contributed by atoms with Gasteiger partial charge in [-0.2, -0.15) is 0 Å². The Morgan fingerprint density at radius 2 is 2.09 bits per heavy atom. The molecule has 1 aromatic heterocycles. The first kappa shape index (κ1) is 17.6. The largest absolute Gasteiger partial charge is 0.444 e. The molecule has 1 unspecified atom stereocenters. The number of hydrogen-bond donors (Lipinski definition) is 0. The quantitative estimate of drug-likeness (QED) is 0.707. The van der Waals surface area contributed by atoms with Crippen molar-refractivity contribution in [1.29, 1.82) is 0 Å². The van der Waals surface area contributed by atoms with Crippen LogP contribution in [0.15, 0.2) is 6.07 Å². The monoisotopic (exact) mass is 363 g/mol. The molecule has 7 heteroatoms. The van der Waals surface area contributed by atoms with Crippen LogP contribution in [-0.4, -0.2) is 35.0 Å². The summed E-state index contributed by atoms with van der Waals surface area (Å²) in [5.74, 6) is -0.0893. The van der Waals surface area contributed by atoms with Crippen LogP contribution in [-0.2, 0) is 4.74 Å². The van der Waals surface area contributed by atoms with Gasteiger partial charge in [-0.15, -0.1) is 11.3 Å². The molecule has 0 aromatic carbocycles. The van der Waals surface area contributed by atoms with E-state index < -0.39 is 5.60 Å². The summed E-state index contributed by atoms with van der Waals surface area (Å²) in [5.41, 5.74) is -0.106. The second kappa shape index (κ2) is 6.77. The first-order valence-electron chi connectivity index (χ1n) is 7.15. The van der Waals surface area contributed by atoms with Gasteiger partial charge in [-0.1, -0.05) is 23.2 Å². The van der Waals surface area contributed by atoms with Crippen molar-refractivity contribution in [1.82, 2.24) is 4.90 Å². The third-order valence-electron chi connectivity index (χ3n) is 3.38. The van der Waals surface area contributed by atoms with E-state index in [1.165, 1.54) is 11.3 Å². The zero-order valence-corrected chi connectivity index (χ0v) is 15.1. The summed E-state index contributed by atoms with van der Waals surface area (Å²) in [6, 6.07) is 1.45. The number of nitrogens with zero attached hydrogens (tertiary/aromatic N) is 1. The minimum absolute atomic E-state index is 0.0893. The average molecular weight is 364 g/mol. The lowest BCUT2D eigenvalue weighted by molar-refractivity contribution is 0.0223. The molecule has 1 saturated heterocycles.